The lowest BCUT2D eigenvalue weighted by molar-refractivity contribution is 0.00765. The number of amides is 2. The minimum absolute atomic E-state index is 0.584. The molecule has 0 N–H and O–H groups in total. The molecule has 2 amide bonds. The standard InChI is InChI=1S/C16H25NO4/c1-15(2,3)20-13(18)17(12-10-8-7-9-11-12)14(19)21-16(4,5)6/h7-8,10H,9,11H2,1-6H3. The molecule has 0 heterocycles. The molecule has 1 aliphatic rings. The van der Waals surface area contributed by atoms with E-state index in [4.69, 9.17) is 9.47 Å². The van der Waals surface area contributed by atoms with E-state index in [1.807, 2.05) is 12.2 Å². The van der Waals surface area contributed by atoms with Crippen LogP contribution in [0, 0.1) is 0 Å². The molecule has 1 rings (SSSR count). The summed E-state index contributed by atoms with van der Waals surface area (Å²) >= 11 is 0. The molecule has 0 saturated carbocycles. The molecular weight excluding hydrogens is 270 g/mol. The summed E-state index contributed by atoms with van der Waals surface area (Å²) in [6, 6.07) is 0. The van der Waals surface area contributed by atoms with Crippen molar-refractivity contribution in [3.63, 3.8) is 0 Å². The topological polar surface area (TPSA) is 55.8 Å². The van der Waals surface area contributed by atoms with Crippen LogP contribution < -0.4 is 0 Å². The van der Waals surface area contributed by atoms with Crippen molar-refractivity contribution in [1.29, 1.82) is 0 Å². The Bertz CT molecular complexity index is 436. The van der Waals surface area contributed by atoms with E-state index >= 15 is 0 Å². The van der Waals surface area contributed by atoms with Crippen LogP contribution in [-0.4, -0.2) is 28.3 Å². The first-order valence-electron chi connectivity index (χ1n) is 7.11. The maximum atomic E-state index is 12.3. The number of imide groups is 1. The minimum Gasteiger partial charge on any atom is -0.443 e. The lowest BCUT2D eigenvalue weighted by Crippen LogP contribution is -2.43. The normalized spacial score (nSPS) is 15.2. The average molecular weight is 295 g/mol. The maximum absolute atomic E-state index is 12.3. The fraction of sp³-hybridized carbons (Fsp3) is 0.625. The zero-order chi connectivity index (χ0) is 16.3. The van der Waals surface area contributed by atoms with E-state index in [1.54, 1.807) is 47.6 Å². The van der Waals surface area contributed by atoms with Crippen LogP contribution in [0.4, 0.5) is 9.59 Å². The number of rotatable bonds is 1. The predicted molar refractivity (Wildman–Crippen MR) is 80.8 cm³/mol. The Kier molecular flexibility index (Phi) is 5.20. The Balaban J connectivity index is 3.00. The molecule has 0 radical (unpaired) electrons. The van der Waals surface area contributed by atoms with Gasteiger partial charge in [-0.05, 0) is 60.5 Å². The highest BCUT2D eigenvalue weighted by Crippen LogP contribution is 2.22. The van der Waals surface area contributed by atoms with E-state index in [2.05, 4.69) is 0 Å². The third kappa shape index (κ3) is 6.02. The van der Waals surface area contributed by atoms with Gasteiger partial charge in [0.2, 0.25) is 0 Å². The van der Waals surface area contributed by atoms with Gasteiger partial charge in [-0.3, -0.25) is 0 Å². The number of hydrogen-bond donors (Lipinski definition) is 0. The van der Waals surface area contributed by atoms with Gasteiger partial charge in [-0.2, -0.15) is 4.90 Å². The van der Waals surface area contributed by atoms with Crippen molar-refractivity contribution < 1.29 is 19.1 Å². The summed E-state index contributed by atoms with van der Waals surface area (Å²) in [5.74, 6) is 0. The zero-order valence-corrected chi connectivity index (χ0v) is 13.7. The van der Waals surface area contributed by atoms with Gasteiger partial charge >= 0.3 is 12.2 Å². The van der Waals surface area contributed by atoms with Crippen molar-refractivity contribution >= 4 is 12.2 Å². The van der Waals surface area contributed by atoms with Crippen LogP contribution in [0.5, 0.6) is 0 Å². The highest BCUT2D eigenvalue weighted by molar-refractivity contribution is 5.90. The monoisotopic (exact) mass is 295 g/mol. The van der Waals surface area contributed by atoms with Gasteiger partial charge in [0.1, 0.15) is 11.2 Å². The highest BCUT2D eigenvalue weighted by atomic mass is 16.6. The predicted octanol–water partition coefficient (Wildman–Crippen LogP) is 4.39. The van der Waals surface area contributed by atoms with Crippen LogP contribution in [0.2, 0.25) is 0 Å². The minimum atomic E-state index is -0.710. The summed E-state index contributed by atoms with van der Waals surface area (Å²) in [5, 5.41) is 0. The molecule has 0 aromatic rings. The van der Waals surface area contributed by atoms with Crippen molar-refractivity contribution in [2.24, 2.45) is 0 Å². The Morgan fingerprint density at radius 3 is 1.81 bits per heavy atom. The molecule has 5 heteroatoms. The van der Waals surface area contributed by atoms with Gasteiger partial charge in [0, 0.05) is 5.70 Å². The Hall–Kier alpha value is -1.78. The second-order valence-corrected chi connectivity index (χ2v) is 6.92. The molecule has 0 fully saturated rings. The van der Waals surface area contributed by atoms with Gasteiger partial charge in [-0.25, -0.2) is 9.59 Å². The summed E-state index contributed by atoms with van der Waals surface area (Å²) < 4.78 is 10.6. The molecule has 5 nitrogen and oxygen atoms in total. The lowest BCUT2D eigenvalue weighted by Gasteiger charge is -2.30. The van der Waals surface area contributed by atoms with E-state index in [0.717, 1.165) is 11.3 Å². The molecule has 0 bridgehead atoms. The first-order valence-corrected chi connectivity index (χ1v) is 7.11. The van der Waals surface area contributed by atoms with E-state index in [0.29, 0.717) is 12.1 Å². The van der Waals surface area contributed by atoms with Crippen molar-refractivity contribution in [2.75, 3.05) is 0 Å². The van der Waals surface area contributed by atoms with Gasteiger partial charge in [0.25, 0.3) is 0 Å². The SMILES string of the molecule is CC(C)(C)OC(=O)N(C(=O)OC(C)(C)C)C1=CC=CCC1. The molecule has 0 atom stereocenters. The van der Waals surface area contributed by atoms with Crippen molar-refractivity contribution in [3.05, 3.63) is 23.9 Å². The zero-order valence-electron chi connectivity index (χ0n) is 13.7. The molecule has 0 aromatic carbocycles. The Labute approximate surface area is 126 Å². The fourth-order valence-electron chi connectivity index (χ4n) is 1.70. The van der Waals surface area contributed by atoms with Crippen LogP contribution in [0.3, 0.4) is 0 Å². The quantitative estimate of drug-likeness (QED) is 0.719. The second kappa shape index (κ2) is 6.33. The van der Waals surface area contributed by atoms with Gasteiger partial charge < -0.3 is 9.47 Å². The van der Waals surface area contributed by atoms with Crippen molar-refractivity contribution in [3.8, 4) is 0 Å². The van der Waals surface area contributed by atoms with E-state index < -0.39 is 23.4 Å². The van der Waals surface area contributed by atoms with Crippen LogP contribution in [0.1, 0.15) is 54.4 Å². The highest BCUT2D eigenvalue weighted by Gasteiger charge is 2.33. The van der Waals surface area contributed by atoms with Crippen LogP contribution in [-0.2, 0) is 9.47 Å². The average Bonchev–Trinajstić information content (AvgIpc) is 2.25. The summed E-state index contributed by atoms with van der Waals surface area (Å²) in [5.41, 5.74) is -0.772. The number of allylic oxidation sites excluding steroid dienone is 4. The second-order valence-electron chi connectivity index (χ2n) is 6.92. The maximum Gasteiger partial charge on any atom is 0.424 e. The number of carbonyl (C=O) groups is 2. The van der Waals surface area contributed by atoms with Crippen LogP contribution >= 0.6 is 0 Å². The summed E-state index contributed by atoms with van der Waals surface area (Å²) in [6.45, 7) is 10.5. The van der Waals surface area contributed by atoms with Gasteiger partial charge in [0.05, 0.1) is 0 Å². The molecule has 118 valence electrons. The smallest absolute Gasteiger partial charge is 0.424 e. The fourth-order valence-corrected chi connectivity index (χ4v) is 1.70. The molecule has 0 spiro atoms. The number of hydrogen-bond acceptors (Lipinski definition) is 4. The lowest BCUT2D eigenvalue weighted by atomic mass is 10.1. The van der Waals surface area contributed by atoms with Gasteiger partial charge in [0.15, 0.2) is 0 Å². The largest absolute Gasteiger partial charge is 0.443 e. The summed E-state index contributed by atoms with van der Waals surface area (Å²) in [6.07, 6.45) is 5.48. The Morgan fingerprint density at radius 2 is 1.48 bits per heavy atom. The first kappa shape index (κ1) is 17.3. The molecular formula is C16H25NO4. The van der Waals surface area contributed by atoms with Gasteiger partial charge in [-0.15, -0.1) is 0 Å². The first-order chi connectivity index (χ1) is 9.49. The van der Waals surface area contributed by atoms with Crippen LogP contribution in [0.15, 0.2) is 23.9 Å². The van der Waals surface area contributed by atoms with Gasteiger partial charge in [-0.1, -0.05) is 12.2 Å². The summed E-state index contributed by atoms with van der Waals surface area (Å²) in [4.78, 5) is 25.6. The summed E-state index contributed by atoms with van der Waals surface area (Å²) in [7, 11) is 0. The number of ether oxygens (including phenoxy) is 2. The third-order valence-corrected chi connectivity index (χ3v) is 2.43. The molecule has 1 aliphatic carbocycles. The van der Waals surface area contributed by atoms with E-state index in [1.165, 1.54) is 0 Å². The molecule has 0 saturated heterocycles. The van der Waals surface area contributed by atoms with E-state index in [-0.39, 0.29) is 0 Å². The van der Waals surface area contributed by atoms with Crippen LogP contribution in [0.25, 0.3) is 0 Å². The van der Waals surface area contributed by atoms with E-state index in [9.17, 15) is 9.59 Å². The number of carbonyl (C=O) groups excluding carboxylic acids is 2. The molecule has 21 heavy (non-hydrogen) atoms. The molecule has 0 aliphatic heterocycles. The Morgan fingerprint density at radius 1 is 1.00 bits per heavy atom. The molecule has 0 aromatic heterocycles. The van der Waals surface area contributed by atoms with Crippen molar-refractivity contribution in [1.82, 2.24) is 4.90 Å². The van der Waals surface area contributed by atoms with Crippen molar-refractivity contribution in [2.45, 2.75) is 65.6 Å². The molecule has 0 unspecified atom stereocenters. The third-order valence-electron chi connectivity index (χ3n) is 2.43. The number of nitrogens with zero attached hydrogens (tertiary/aromatic N) is 1.